The minimum Gasteiger partial charge on any atom is -0.364 e. The van der Waals surface area contributed by atoms with Gasteiger partial charge in [-0.1, -0.05) is 0 Å². The van der Waals surface area contributed by atoms with E-state index in [1.165, 1.54) is 9.21 Å². The molecule has 1 N–H and O–H groups in total. The van der Waals surface area contributed by atoms with Gasteiger partial charge in [0.2, 0.25) is 21.9 Å². The molecule has 1 aliphatic heterocycles. The van der Waals surface area contributed by atoms with Gasteiger partial charge in [0.1, 0.15) is 16.8 Å². The van der Waals surface area contributed by atoms with E-state index in [2.05, 4.69) is 10.3 Å². The summed E-state index contributed by atoms with van der Waals surface area (Å²) in [5.74, 6) is -2.67. The van der Waals surface area contributed by atoms with E-state index in [4.69, 9.17) is 0 Å². The lowest BCUT2D eigenvalue weighted by Crippen LogP contribution is -2.50. The average molecular weight is 471 g/mol. The van der Waals surface area contributed by atoms with Gasteiger partial charge in [0.15, 0.2) is 0 Å². The largest absolute Gasteiger partial charge is 0.364 e. The number of nitrogens with one attached hydrogen (secondary N) is 1. The van der Waals surface area contributed by atoms with E-state index in [1.54, 1.807) is 19.2 Å². The van der Waals surface area contributed by atoms with Crippen molar-refractivity contribution in [3.05, 3.63) is 17.8 Å². The number of hydrogen-bond acceptors (Lipinski definition) is 5. The summed E-state index contributed by atoms with van der Waals surface area (Å²) < 4.78 is 55.6. The van der Waals surface area contributed by atoms with E-state index in [-0.39, 0.29) is 54.6 Å². The molecule has 0 unspecified atom stereocenters. The molecule has 32 heavy (non-hydrogen) atoms. The number of anilines is 1. The van der Waals surface area contributed by atoms with Crippen LogP contribution in [0.2, 0.25) is 0 Å². The topological polar surface area (TPSA) is 82.6 Å². The van der Waals surface area contributed by atoms with Crippen LogP contribution in [0.1, 0.15) is 64.0 Å². The van der Waals surface area contributed by atoms with Crippen LogP contribution in [0.25, 0.3) is 0 Å². The van der Waals surface area contributed by atoms with Crippen LogP contribution >= 0.6 is 0 Å². The summed E-state index contributed by atoms with van der Waals surface area (Å²) in [5, 5.41) is 3.27. The van der Waals surface area contributed by atoms with Crippen LogP contribution in [0.5, 0.6) is 0 Å². The Balaban J connectivity index is 1.56. The van der Waals surface area contributed by atoms with Crippen molar-refractivity contribution in [1.29, 1.82) is 0 Å². The molecule has 0 bridgehead atoms. The number of alkyl halides is 2. The first-order chi connectivity index (χ1) is 14.9. The smallest absolute Gasteiger partial charge is 0.248 e. The second-order valence-corrected chi connectivity index (χ2v) is 11.7. The van der Waals surface area contributed by atoms with E-state index in [0.717, 1.165) is 12.8 Å². The second kappa shape index (κ2) is 8.20. The Morgan fingerprint density at radius 2 is 1.84 bits per heavy atom. The number of halogens is 2. The van der Waals surface area contributed by atoms with Gasteiger partial charge < -0.3 is 10.2 Å². The molecule has 2 heterocycles. The van der Waals surface area contributed by atoms with Gasteiger partial charge in [-0.05, 0) is 64.5 Å². The van der Waals surface area contributed by atoms with E-state index < -0.39 is 22.0 Å². The first kappa shape index (κ1) is 23.4. The van der Waals surface area contributed by atoms with Gasteiger partial charge >= 0.3 is 0 Å². The predicted octanol–water partition coefficient (Wildman–Crippen LogP) is 3.54. The quantitative estimate of drug-likeness (QED) is 0.688. The van der Waals surface area contributed by atoms with Gasteiger partial charge in [-0.25, -0.2) is 22.2 Å². The normalized spacial score (nSPS) is 25.5. The highest BCUT2D eigenvalue weighted by Gasteiger charge is 2.45. The zero-order valence-corrected chi connectivity index (χ0v) is 19.7. The number of carbonyl (C=O) groups excluding carboxylic acids is 1. The van der Waals surface area contributed by atoms with Gasteiger partial charge in [0.05, 0.1) is 0 Å². The molecule has 1 atom stereocenters. The number of aromatic nitrogens is 1. The van der Waals surface area contributed by atoms with Crippen molar-refractivity contribution < 1.29 is 22.0 Å². The molecule has 2 saturated carbocycles. The van der Waals surface area contributed by atoms with Gasteiger partial charge in [-0.3, -0.25) is 4.79 Å². The number of carbonyl (C=O) groups is 1. The molecule has 0 radical (unpaired) electrons. The first-order valence-corrected chi connectivity index (χ1v) is 12.8. The van der Waals surface area contributed by atoms with Gasteiger partial charge in [0, 0.05) is 43.7 Å². The van der Waals surface area contributed by atoms with Gasteiger partial charge in [0.25, 0.3) is 0 Å². The van der Waals surface area contributed by atoms with Crippen LogP contribution in [-0.2, 0) is 14.8 Å². The third-order valence-electron chi connectivity index (χ3n) is 7.08. The number of likely N-dealkylation sites (N-methyl/N-ethyl adjacent to an activating group) is 1. The van der Waals surface area contributed by atoms with Crippen molar-refractivity contribution in [1.82, 2.24) is 14.2 Å². The lowest BCUT2D eigenvalue weighted by atomic mass is 9.91. The Labute approximate surface area is 188 Å². The maximum atomic E-state index is 13.6. The highest BCUT2D eigenvalue weighted by atomic mass is 32.2. The molecule has 3 fully saturated rings. The predicted molar refractivity (Wildman–Crippen MR) is 117 cm³/mol. The average Bonchev–Trinajstić information content (AvgIpc) is 3.24. The van der Waals surface area contributed by atoms with Crippen LogP contribution in [0, 0.1) is 6.92 Å². The van der Waals surface area contributed by atoms with Crippen molar-refractivity contribution in [3.8, 4) is 0 Å². The van der Waals surface area contributed by atoms with Crippen LogP contribution in [0.15, 0.2) is 17.0 Å². The van der Waals surface area contributed by atoms with Gasteiger partial charge in [-0.2, -0.15) is 4.31 Å². The molecule has 1 aromatic heterocycles. The van der Waals surface area contributed by atoms with Gasteiger partial charge in [-0.15, -0.1) is 0 Å². The number of aryl methyl sites for hydroxylation is 1. The fourth-order valence-electron chi connectivity index (χ4n) is 4.67. The van der Waals surface area contributed by atoms with Crippen LogP contribution in [0.3, 0.4) is 0 Å². The van der Waals surface area contributed by atoms with E-state index >= 15 is 0 Å². The number of nitrogens with zero attached hydrogens (tertiary/aromatic N) is 3. The van der Waals surface area contributed by atoms with Crippen LogP contribution < -0.4 is 5.32 Å². The molecule has 1 aromatic rings. The summed E-state index contributed by atoms with van der Waals surface area (Å²) in [6.45, 7) is 4.08. The summed E-state index contributed by atoms with van der Waals surface area (Å²) in [4.78, 5) is 19.3. The summed E-state index contributed by atoms with van der Waals surface area (Å²) in [6.07, 6.45) is 2.84. The molecular weight excluding hydrogens is 438 g/mol. The highest BCUT2D eigenvalue weighted by Crippen LogP contribution is 2.40. The molecule has 0 spiro atoms. The maximum Gasteiger partial charge on any atom is 0.248 e. The minimum atomic E-state index is -3.97. The Hall–Kier alpha value is -1.81. The Morgan fingerprint density at radius 1 is 1.19 bits per heavy atom. The highest BCUT2D eigenvalue weighted by molar-refractivity contribution is 7.89. The molecule has 1 saturated heterocycles. The summed E-state index contributed by atoms with van der Waals surface area (Å²) >= 11 is 0. The third-order valence-corrected chi connectivity index (χ3v) is 9.01. The maximum absolute atomic E-state index is 13.6. The van der Waals surface area contributed by atoms with E-state index in [0.29, 0.717) is 24.4 Å². The Bertz CT molecular complexity index is 987. The molecule has 2 aliphatic carbocycles. The van der Waals surface area contributed by atoms with Crippen molar-refractivity contribution in [2.75, 3.05) is 18.9 Å². The fourth-order valence-corrected chi connectivity index (χ4v) is 6.40. The standard InChI is InChI=1S/C22H32F2N4O3S/c1-15-6-7-18(19(25-15)26-21(2)12-13-21)32(30,31)28-14-4-5-17(28)20(29)27(3)16-8-10-22(23,24)11-9-16/h6-7,16-17H,4-5,8-14H2,1-3H3,(H,25,26)/t17-/m0/s1. The Morgan fingerprint density at radius 3 is 2.47 bits per heavy atom. The SMILES string of the molecule is Cc1ccc(S(=O)(=O)N2CCC[C@H]2C(=O)N(C)C2CCC(F)(F)CC2)c(NC2(C)CC2)n1. The number of hydrogen-bond donors (Lipinski definition) is 1. The van der Waals surface area contributed by atoms with Crippen molar-refractivity contribution in [2.24, 2.45) is 0 Å². The summed E-state index contributed by atoms with van der Waals surface area (Å²) in [7, 11) is -2.36. The minimum absolute atomic E-state index is 0.0795. The van der Waals surface area contributed by atoms with Crippen molar-refractivity contribution in [2.45, 2.75) is 93.7 Å². The molecule has 3 aliphatic rings. The lowest BCUT2D eigenvalue weighted by Gasteiger charge is -2.37. The lowest BCUT2D eigenvalue weighted by molar-refractivity contribution is -0.138. The van der Waals surface area contributed by atoms with Crippen molar-refractivity contribution in [3.63, 3.8) is 0 Å². The van der Waals surface area contributed by atoms with E-state index in [9.17, 15) is 22.0 Å². The second-order valence-electron chi connectivity index (χ2n) is 9.80. The molecule has 0 aromatic carbocycles. The zero-order valence-electron chi connectivity index (χ0n) is 18.9. The molecule has 178 valence electrons. The van der Waals surface area contributed by atoms with Crippen LogP contribution in [-0.4, -0.2) is 65.7 Å². The van der Waals surface area contributed by atoms with E-state index in [1.807, 2.05) is 13.8 Å². The first-order valence-electron chi connectivity index (χ1n) is 11.3. The Kier molecular flexibility index (Phi) is 5.98. The number of pyridine rings is 1. The summed E-state index contributed by atoms with van der Waals surface area (Å²) in [6, 6.07) is 2.10. The molecule has 4 rings (SSSR count). The molecule has 1 amide bonds. The monoisotopic (exact) mass is 470 g/mol. The number of amides is 1. The molecule has 10 heteroatoms. The summed E-state index contributed by atoms with van der Waals surface area (Å²) in [5.41, 5.74) is 0.549. The molecule has 7 nitrogen and oxygen atoms in total. The zero-order chi connectivity index (χ0) is 23.3. The van der Waals surface area contributed by atoms with Crippen LogP contribution in [0.4, 0.5) is 14.6 Å². The number of sulfonamides is 1. The third kappa shape index (κ3) is 4.62. The van der Waals surface area contributed by atoms with Crippen molar-refractivity contribution >= 4 is 21.7 Å². The molecular formula is C22H32F2N4O3S. The number of rotatable bonds is 6. The fraction of sp³-hybridized carbons (Fsp3) is 0.727.